The molecule has 1 unspecified atom stereocenters. The summed E-state index contributed by atoms with van der Waals surface area (Å²) in [6.07, 6.45) is 2.40. The molecule has 0 bridgehead atoms. The SMILES string of the molecule is CC(CNC(=O)c1cnco1)C(=O)O. The fraction of sp³-hybridized carbons (Fsp3) is 0.375. The maximum absolute atomic E-state index is 11.2. The third-order valence-electron chi connectivity index (χ3n) is 1.65. The first-order valence-electron chi connectivity index (χ1n) is 4.00. The number of aliphatic carboxylic acids is 1. The van der Waals surface area contributed by atoms with E-state index in [4.69, 9.17) is 9.52 Å². The average molecular weight is 198 g/mol. The Kier molecular flexibility index (Phi) is 3.22. The van der Waals surface area contributed by atoms with E-state index >= 15 is 0 Å². The topological polar surface area (TPSA) is 92.4 Å². The molecule has 6 nitrogen and oxygen atoms in total. The zero-order valence-corrected chi connectivity index (χ0v) is 7.56. The number of amides is 1. The third kappa shape index (κ3) is 2.58. The van der Waals surface area contributed by atoms with Crippen LogP contribution in [0.15, 0.2) is 17.0 Å². The van der Waals surface area contributed by atoms with Crippen LogP contribution in [0.5, 0.6) is 0 Å². The molecule has 0 spiro atoms. The quantitative estimate of drug-likeness (QED) is 0.717. The molecular weight excluding hydrogens is 188 g/mol. The van der Waals surface area contributed by atoms with Gasteiger partial charge in [-0.05, 0) is 0 Å². The van der Waals surface area contributed by atoms with E-state index in [1.807, 2.05) is 0 Å². The van der Waals surface area contributed by atoms with Crippen molar-refractivity contribution in [2.75, 3.05) is 6.54 Å². The van der Waals surface area contributed by atoms with Crippen LogP contribution in [0.1, 0.15) is 17.5 Å². The molecule has 2 N–H and O–H groups in total. The number of nitrogens with zero attached hydrogens (tertiary/aromatic N) is 1. The zero-order chi connectivity index (χ0) is 10.6. The van der Waals surface area contributed by atoms with Crippen molar-refractivity contribution >= 4 is 11.9 Å². The van der Waals surface area contributed by atoms with Gasteiger partial charge in [0, 0.05) is 6.54 Å². The van der Waals surface area contributed by atoms with Crippen LogP contribution in [0.2, 0.25) is 0 Å². The average Bonchev–Trinajstić information content (AvgIpc) is 2.66. The number of nitrogens with one attached hydrogen (secondary N) is 1. The van der Waals surface area contributed by atoms with Gasteiger partial charge < -0.3 is 14.8 Å². The van der Waals surface area contributed by atoms with Crippen molar-refractivity contribution in [3.63, 3.8) is 0 Å². The highest BCUT2D eigenvalue weighted by atomic mass is 16.4. The molecule has 1 aromatic heterocycles. The Balaban J connectivity index is 2.40. The van der Waals surface area contributed by atoms with Crippen LogP contribution in [-0.2, 0) is 4.79 Å². The van der Waals surface area contributed by atoms with Crippen molar-refractivity contribution in [1.82, 2.24) is 10.3 Å². The molecule has 0 saturated heterocycles. The van der Waals surface area contributed by atoms with Crippen LogP contribution in [0.25, 0.3) is 0 Å². The number of oxazole rings is 1. The fourth-order valence-corrected chi connectivity index (χ4v) is 0.748. The van der Waals surface area contributed by atoms with Gasteiger partial charge in [-0.3, -0.25) is 9.59 Å². The second kappa shape index (κ2) is 4.40. The van der Waals surface area contributed by atoms with Crippen LogP contribution in [0.3, 0.4) is 0 Å². The van der Waals surface area contributed by atoms with E-state index < -0.39 is 17.8 Å². The van der Waals surface area contributed by atoms with E-state index in [0.717, 1.165) is 6.39 Å². The van der Waals surface area contributed by atoms with Gasteiger partial charge in [-0.1, -0.05) is 6.92 Å². The monoisotopic (exact) mass is 198 g/mol. The third-order valence-corrected chi connectivity index (χ3v) is 1.65. The molecule has 76 valence electrons. The number of aromatic nitrogens is 1. The number of carbonyl (C=O) groups excluding carboxylic acids is 1. The maximum atomic E-state index is 11.2. The zero-order valence-electron chi connectivity index (χ0n) is 7.56. The molecule has 1 aromatic rings. The first-order valence-corrected chi connectivity index (χ1v) is 4.00. The van der Waals surface area contributed by atoms with Crippen molar-refractivity contribution in [2.24, 2.45) is 5.92 Å². The first-order chi connectivity index (χ1) is 6.61. The Morgan fingerprint density at radius 3 is 2.93 bits per heavy atom. The van der Waals surface area contributed by atoms with Gasteiger partial charge in [-0.2, -0.15) is 0 Å². The predicted octanol–water partition coefficient (Wildman–Crippen LogP) is 0.125. The summed E-state index contributed by atoms with van der Waals surface area (Å²) in [5.41, 5.74) is 0. The van der Waals surface area contributed by atoms with Crippen molar-refractivity contribution < 1.29 is 19.1 Å². The second-order valence-electron chi connectivity index (χ2n) is 2.81. The summed E-state index contributed by atoms with van der Waals surface area (Å²) in [5, 5.41) is 11.0. The van der Waals surface area contributed by atoms with Crippen LogP contribution in [0.4, 0.5) is 0 Å². The minimum atomic E-state index is -0.956. The summed E-state index contributed by atoms with van der Waals surface area (Å²) >= 11 is 0. The molecule has 0 saturated carbocycles. The smallest absolute Gasteiger partial charge is 0.308 e. The molecule has 0 aliphatic carbocycles. The molecule has 0 fully saturated rings. The summed E-state index contributed by atoms with van der Waals surface area (Å²) in [6, 6.07) is 0. The van der Waals surface area contributed by atoms with Gasteiger partial charge in [0.25, 0.3) is 5.91 Å². The van der Waals surface area contributed by atoms with E-state index in [9.17, 15) is 9.59 Å². The molecule has 0 aliphatic rings. The van der Waals surface area contributed by atoms with Gasteiger partial charge in [0.05, 0.1) is 12.1 Å². The highest BCUT2D eigenvalue weighted by Crippen LogP contribution is 1.97. The number of carbonyl (C=O) groups is 2. The summed E-state index contributed by atoms with van der Waals surface area (Å²) < 4.78 is 4.72. The summed E-state index contributed by atoms with van der Waals surface area (Å²) in [6.45, 7) is 1.57. The van der Waals surface area contributed by atoms with Gasteiger partial charge in [0.2, 0.25) is 5.76 Å². The minimum Gasteiger partial charge on any atom is -0.481 e. The lowest BCUT2D eigenvalue weighted by molar-refractivity contribution is -0.140. The number of hydrogen-bond acceptors (Lipinski definition) is 4. The Hall–Kier alpha value is -1.85. The van der Waals surface area contributed by atoms with E-state index in [-0.39, 0.29) is 12.3 Å². The number of carboxylic acids is 1. The second-order valence-corrected chi connectivity index (χ2v) is 2.81. The Morgan fingerprint density at radius 1 is 1.71 bits per heavy atom. The standard InChI is InChI=1S/C8H10N2O4/c1-5(8(12)13)2-10-7(11)6-3-9-4-14-6/h3-5H,2H2,1H3,(H,10,11)(H,12,13). The molecule has 14 heavy (non-hydrogen) atoms. The fourth-order valence-electron chi connectivity index (χ4n) is 0.748. The Bertz CT molecular complexity index is 320. The van der Waals surface area contributed by atoms with Crippen molar-refractivity contribution in [2.45, 2.75) is 6.92 Å². The van der Waals surface area contributed by atoms with Crippen LogP contribution in [-0.4, -0.2) is 28.5 Å². The van der Waals surface area contributed by atoms with Gasteiger partial charge >= 0.3 is 5.97 Å². The minimum absolute atomic E-state index is 0.0644. The highest BCUT2D eigenvalue weighted by Gasteiger charge is 2.14. The molecule has 0 radical (unpaired) electrons. The molecule has 0 aliphatic heterocycles. The van der Waals surface area contributed by atoms with Crippen LogP contribution in [0, 0.1) is 5.92 Å². The normalized spacial score (nSPS) is 12.1. The number of carboxylic acid groups (broad SMARTS) is 1. The van der Waals surface area contributed by atoms with E-state index in [1.165, 1.54) is 13.1 Å². The number of hydrogen-bond donors (Lipinski definition) is 2. The van der Waals surface area contributed by atoms with Gasteiger partial charge in [0.15, 0.2) is 6.39 Å². The van der Waals surface area contributed by atoms with Gasteiger partial charge in [-0.15, -0.1) is 0 Å². The molecule has 0 aromatic carbocycles. The van der Waals surface area contributed by atoms with Gasteiger partial charge in [0.1, 0.15) is 0 Å². The number of rotatable bonds is 4. The van der Waals surface area contributed by atoms with Crippen molar-refractivity contribution in [1.29, 1.82) is 0 Å². The van der Waals surface area contributed by atoms with E-state index in [2.05, 4.69) is 10.3 Å². The van der Waals surface area contributed by atoms with Gasteiger partial charge in [-0.25, -0.2) is 4.98 Å². The molecule has 1 atom stereocenters. The molecule has 1 heterocycles. The summed E-state index contributed by atoms with van der Waals surface area (Å²) in [4.78, 5) is 25.2. The molecule has 6 heteroatoms. The molecular formula is C8H10N2O4. The largest absolute Gasteiger partial charge is 0.481 e. The Labute approximate surface area is 79.9 Å². The maximum Gasteiger partial charge on any atom is 0.308 e. The van der Waals surface area contributed by atoms with Crippen LogP contribution >= 0.6 is 0 Å². The molecule has 1 amide bonds. The van der Waals surface area contributed by atoms with Crippen molar-refractivity contribution in [3.05, 3.63) is 18.4 Å². The lowest BCUT2D eigenvalue weighted by atomic mass is 10.2. The molecule has 1 rings (SSSR count). The summed E-state index contributed by atoms with van der Waals surface area (Å²) in [7, 11) is 0. The van der Waals surface area contributed by atoms with Crippen LogP contribution < -0.4 is 5.32 Å². The predicted molar refractivity (Wildman–Crippen MR) is 45.6 cm³/mol. The first kappa shape index (κ1) is 10.2. The summed E-state index contributed by atoms with van der Waals surface area (Å²) in [5.74, 6) is -1.97. The van der Waals surface area contributed by atoms with Crippen molar-refractivity contribution in [3.8, 4) is 0 Å². The van der Waals surface area contributed by atoms with E-state index in [1.54, 1.807) is 0 Å². The van der Waals surface area contributed by atoms with E-state index in [0.29, 0.717) is 0 Å². The lowest BCUT2D eigenvalue weighted by Gasteiger charge is -2.06. The Morgan fingerprint density at radius 2 is 2.43 bits per heavy atom. The highest BCUT2D eigenvalue weighted by molar-refractivity contribution is 5.91. The lowest BCUT2D eigenvalue weighted by Crippen LogP contribution is -2.31.